The predicted octanol–water partition coefficient (Wildman–Crippen LogP) is 0.777. The summed E-state index contributed by atoms with van der Waals surface area (Å²) >= 11 is 0. The highest BCUT2D eigenvalue weighted by molar-refractivity contribution is 7.92. The van der Waals surface area contributed by atoms with Crippen LogP contribution in [0.2, 0.25) is 0 Å². The van der Waals surface area contributed by atoms with Gasteiger partial charge in [0.2, 0.25) is 0 Å². The van der Waals surface area contributed by atoms with Crippen LogP contribution in [0.5, 0.6) is 0 Å². The van der Waals surface area contributed by atoms with Gasteiger partial charge in [0.1, 0.15) is 0 Å². The van der Waals surface area contributed by atoms with Crippen LogP contribution in [0.25, 0.3) is 0 Å². The van der Waals surface area contributed by atoms with Crippen molar-refractivity contribution in [3.05, 3.63) is 0 Å². The molecule has 1 aliphatic rings. The summed E-state index contributed by atoms with van der Waals surface area (Å²) in [6, 6.07) is 0. The summed E-state index contributed by atoms with van der Waals surface area (Å²) in [4.78, 5) is 0. The third-order valence-electron chi connectivity index (χ3n) is 1.51. The van der Waals surface area contributed by atoms with Crippen LogP contribution in [0.15, 0.2) is 4.36 Å². The number of nitrogens with one attached hydrogen (secondary N) is 1. The molecule has 0 amide bonds. The van der Waals surface area contributed by atoms with Gasteiger partial charge in [-0.1, -0.05) is 0 Å². The lowest BCUT2D eigenvalue weighted by molar-refractivity contribution is 0.359. The number of nitrogens with zero attached hydrogens (tertiary/aromatic N) is 1. The maximum Gasteiger partial charge on any atom is 0.0536 e. The molecule has 0 spiro atoms. The van der Waals surface area contributed by atoms with Crippen molar-refractivity contribution in [2.24, 2.45) is 10.3 Å². The van der Waals surface area contributed by atoms with E-state index in [1.165, 1.54) is 0 Å². The Morgan fingerprint density at radius 1 is 1.42 bits per heavy atom. The molecule has 0 aromatic heterocycles. The molecule has 0 saturated carbocycles. The van der Waals surface area contributed by atoms with Crippen LogP contribution in [-0.4, -0.2) is 36.4 Å². The number of hydrogen-bond donors (Lipinski definition) is 1. The molecule has 76 valence electrons. The van der Waals surface area contributed by atoms with Gasteiger partial charge in [-0.2, -0.15) is 0 Å². The second-order valence-electron chi connectivity index (χ2n) is 3.02. The molecule has 1 heterocycles. The van der Waals surface area contributed by atoms with E-state index in [0.29, 0.717) is 5.92 Å². The van der Waals surface area contributed by atoms with Crippen LogP contribution in [0.4, 0.5) is 0 Å². The van der Waals surface area contributed by atoms with Gasteiger partial charge in [0.05, 0.1) is 6.54 Å². The summed E-state index contributed by atoms with van der Waals surface area (Å²) < 4.78 is 15.1. The first-order valence-electron chi connectivity index (χ1n) is 3.41. The van der Waals surface area contributed by atoms with Crippen molar-refractivity contribution < 1.29 is 4.21 Å². The Hall–Kier alpha value is 0.490. The average Bonchev–Trinajstić information content (AvgIpc) is 1.56. The van der Waals surface area contributed by atoms with E-state index >= 15 is 0 Å². The summed E-state index contributed by atoms with van der Waals surface area (Å²) in [6.45, 7) is 2.84. The Bertz CT molecular complexity index is 214. The Morgan fingerprint density at radius 3 is 2.17 bits per heavy atom. The van der Waals surface area contributed by atoms with Crippen LogP contribution in [0.1, 0.15) is 0 Å². The molecular weight excluding hydrogens is 219 g/mol. The highest BCUT2D eigenvalue weighted by Gasteiger charge is 2.15. The summed E-state index contributed by atoms with van der Waals surface area (Å²) in [5.74, 6) is 0.640. The van der Waals surface area contributed by atoms with Crippen molar-refractivity contribution in [2.75, 3.05) is 32.1 Å². The smallest absolute Gasteiger partial charge is 0.0536 e. The summed E-state index contributed by atoms with van der Waals surface area (Å²) in [5, 5.41) is 3.14. The summed E-state index contributed by atoms with van der Waals surface area (Å²) in [6.07, 6.45) is 3.36. The van der Waals surface area contributed by atoms with Gasteiger partial charge in [0, 0.05) is 41.2 Å². The van der Waals surface area contributed by atoms with E-state index in [4.69, 9.17) is 0 Å². The van der Waals surface area contributed by atoms with E-state index in [9.17, 15) is 4.21 Å². The van der Waals surface area contributed by atoms with E-state index in [0.717, 1.165) is 19.6 Å². The molecule has 0 aromatic rings. The highest BCUT2D eigenvalue weighted by Crippen LogP contribution is 2.03. The fourth-order valence-corrected chi connectivity index (χ4v) is 1.33. The topological polar surface area (TPSA) is 41.5 Å². The van der Waals surface area contributed by atoms with Crippen molar-refractivity contribution in [3.63, 3.8) is 0 Å². The van der Waals surface area contributed by atoms with Gasteiger partial charge >= 0.3 is 0 Å². The summed E-state index contributed by atoms with van der Waals surface area (Å²) in [5.41, 5.74) is 0. The van der Waals surface area contributed by atoms with Crippen LogP contribution in [0, 0.1) is 5.92 Å². The van der Waals surface area contributed by atoms with Gasteiger partial charge in [0.15, 0.2) is 0 Å². The molecule has 0 bridgehead atoms. The van der Waals surface area contributed by atoms with E-state index in [1.807, 2.05) is 0 Å². The first kappa shape index (κ1) is 15.0. The van der Waals surface area contributed by atoms with Gasteiger partial charge in [-0.05, 0) is 0 Å². The van der Waals surface area contributed by atoms with Crippen LogP contribution in [0.3, 0.4) is 0 Å². The minimum atomic E-state index is -1.85. The number of halogens is 2. The zero-order valence-electron chi connectivity index (χ0n) is 7.28. The predicted molar refractivity (Wildman–Crippen MR) is 58.1 cm³/mol. The van der Waals surface area contributed by atoms with E-state index < -0.39 is 9.73 Å². The van der Waals surface area contributed by atoms with Gasteiger partial charge in [-0.25, -0.2) is 4.36 Å². The Labute approximate surface area is 86.7 Å². The molecule has 1 N–H and O–H groups in total. The average molecular weight is 235 g/mol. The van der Waals surface area contributed by atoms with Crippen LogP contribution in [-0.2, 0) is 9.73 Å². The minimum Gasteiger partial charge on any atom is -0.316 e. The number of hydrogen-bond acceptors (Lipinski definition) is 3. The molecule has 0 atom stereocenters. The molecule has 1 fully saturated rings. The Morgan fingerprint density at radius 2 is 1.92 bits per heavy atom. The second-order valence-corrected chi connectivity index (χ2v) is 5.64. The lowest BCUT2D eigenvalue weighted by atomic mass is 10.1. The second kappa shape index (κ2) is 6.02. The molecule has 6 heteroatoms. The van der Waals surface area contributed by atoms with Crippen molar-refractivity contribution >= 4 is 34.5 Å². The third kappa shape index (κ3) is 6.06. The molecule has 0 aromatic carbocycles. The van der Waals surface area contributed by atoms with E-state index in [1.54, 1.807) is 12.5 Å². The van der Waals surface area contributed by atoms with Crippen molar-refractivity contribution in [1.82, 2.24) is 5.32 Å². The largest absolute Gasteiger partial charge is 0.316 e. The monoisotopic (exact) mass is 234 g/mol. The maximum atomic E-state index is 11.0. The zero-order valence-corrected chi connectivity index (χ0v) is 9.73. The van der Waals surface area contributed by atoms with Gasteiger partial charge < -0.3 is 5.32 Å². The quantitative estimate of drug-likeness (QED) is 0.768. The molecule has 3 nitrogen and oxygen atoms in total. The van der Waals surface area contributed by atoms with E-state index in [-0.39, 0.29) is 24.8 Å². The first-order chi connectivity index (χ1) is 4.58. The normalized spacial score (nSPS) is 16.8. The van der Waals surface area contributed by atoms with E-state index in [2.05, 4.69) is 9.68 Å². The van der Waals surface area contributed by atoms with Crippen molar-refractivity contribution in [1.29, 1.82) is 0 Å². The highest BCUT2D eigenvalue weighted by atomic mass is 35.5. The summed E-state index contributed by atoms with van der Waals surface area (Å²) in [7, 11) is -1.85. The molecule has 12 heavy (non-hydrogen) atoms. The Kier molecular flexibility index (Phi) is 7.52. The van der Waals surface area contributed by atoms with Gasteiger partial charge in [-0.3, -0.25) is 4.21 Å². The fourth-order valence-electron chi connectivity index (χ4n) is 0.762. The molecule has 1 saturated heterocycles. The molecule has 0 aliphatic carbocycles. The first-order valence-corrected chi connectivity index (χ1v) is 5.75. The lowest BCUT2D eigenvalue weighted by Gasteiger charge is -2.25. The lowest BCUT2D eigenvalue weighted by Crippen LogP contribution is -2.43. The third-order valence-corrected chi connectivity index (χ3v) is 2.28. The Balaban J connectivity index is 0. The SMILES string of the molecule is CS(C)(=O)=NCC1CNC1.Cl.Cl. The molecule has 0 radical (unpaired) electrons. The minimum absolute atomic E-state index is 0. The van der Waals surface area contributed by atoms with Crippen LogP contribution < -0.4 is 5.32 Å². The van der Waals surface area contributed by atoms with Gasteiger partial charge in [0.25, 0.3) is 0 Å². The fraction of sp³-hybridized carbons (Fsp3) is 1.00. The zero-order chi connectivity index (χ0) is 7.61. The number of rotatable bonds is 2. The van der Waals surface area contributed by atoms with Gasteiger partial charge in [-0.15, -0.1) is 24.8 Å². The van der Waals surface area contributed by atoms with Crippen molar-refractivity contribution in [2.45, 2.75) is 0 Å². The maximum absolute atomic E-state index is 11.0. The van der Waals surface area contributed by atoms with Crippen molar-refractivity contribution in [3.8, 4) is 0 Å². The molecule has 1 rings (SSSR count). The molecular formula is C6H16Cl2N2OS. The molecule has 0 unspecified atom stereocenters. The standard InChI is InChI=1S/C6H14N2OS.2ClH/c1-10(2,9)8-5-6-3-7-4-6;;/h6-7H,3-5H2,1-2H3;2*1H. The van der Waals surface area contributed by atoms with Crippen LogP contribution >= 0.6 is 24.8 Å². The molecule has 1 aliphatic heterocycles.